The maximum Gasteiger partial charge on any atom is 0.0679 e. The van der Waals surface area contributed by atoms with Gasteiger partial charge in [0.25, 0.3) is 0 Å². The van der Waals surface area contributed by atoms with Crippen molar-refractivity contribution in [3.63, 3.8) is 0 Å². The molecule has 1 atom stereocenters. The van der Waals surface area contributed by atoms with Crippen molar-refractivity contribution in [3.05, 3.63) is 0 Å². The van der Waals surface area contributed by atoms with Gasteiger partial charge in [0.05, 0.1) is 5.37 Å². The van der Waals surface area contributed by atoms with Crippen LogP contribution in [0.15, 0.2) is 0 Å². The van der Waals surface area contributed by atoms with Crippen molar-refractivity contribution in [3.8, 4) is 0 Å². The minimum atomic E-state index is 0.693. The molecule has 0 aromatic rings. The molecule has 0 aromatic heterocycles. The lowest BCUT2D eigenvalue weighted by molar-refractivity contribution is 0.365. The summed E-state index contributed by atoms with van der Waals surface area (Å²) in [4.78, 5) is 2.26. The predicted molar refractivity (Wildman–Crippen MR) is 42.8 cm³/mol. The van der Waals surface area contributed by atoms with E-state index in [2.05, 4.69) is 24.3 Å². The summed E-state index contributed by atoms with van der Waals surface area (Å²) in [5.41, 5.74) is 0. The standard InChI is InChI=1S/C6H14N2S/c1-8(2)6-5-7-3-4-9-6/h6-7H,3-5H2,1-2H3. The van der Waals surface area contributed by atoms with Crippen LogP contribution in [0, 0.1) is 0 Å². The average molecular weight is 146 g/mol. The number of rotatable bonds is 1. The molecule has 1 saturated heterocycles. The lowest BCUT2D eigenvalue weighted by atomic mass is 10.5. The highest BCUT2D eigenvalue weighted by molar-refractivity contribution is 7.99. The summed E-state index contributed by atoms with van der Waals surface area (Å²) < 4.78 is 0. The molecule has 0 saturated carbocycles. The Morgan fingerprint density at radius 1 is 1.56 bits per heavy atom. The second-order valence-corrected chi connectivity index (χ2v) is 3.78. The SMILES string of the molecule is CN(C)C1CNCCS1. The smallest absolute Gasteiger partial charge is 0.0679 e. The molecule has 0 amide bonds. The molecular formula is C6H14N2S. The van der Waals surface area contributed by atoms with Gasteiger partial charge >= 0.3 is 0 Å². The summed E-state index contributed by atoms with van der Waals surface area (Å²) in [7, 11) is 4.26. The van der Waals surface area contributed by atoms with Gasteiger partial charge in [-0.05, 0) is 14.1 Å². The van der Waals surface area contributed by atoms with Gasteiger partial charge in [0.15, 0.2) is 0 Å². The first-order chi connectivity index (χ1) is 4.30. The third-order valence-electron chi connectivity index (χ3n) is 1.48. The van der Waals surface area contributed by atoms with Gasteiger partial charge in [-0.25, -0.2) is 0 Å². The Morgan fingerprint density at radius 2 is 2.33 bits per heavy atom. The van der Waals surface area contributed by atoms with Crippen LogP contribution in [0.3, 0.4) is 0 Å². The molecule has 1 unspecified atom stereocenters. The first kappa shape index (κ1) is 7.38. The molecule has 1 fully saturated rings. The van der Waals surface area contributed by atoms with Crippen molar-refractivity contribution in [2.75, 3.05) is 32.9 Å². The van der Waals surface area contributed by atoms with E-state index in [1.807, 2.05) is 11.8 Å². The topological polar surface area (TPSA) is 15.3 Å². The summed E-state index contributed by atoms with van der Waals surface area (Å²) in [6.07, 6.45) is 0. The van der Waals surface area contributed by atoms with Gasteiger partial charge in [-0.2, -0.15) is 0 Å². The second kappa shape index (κ2) is 3.44. The van der Waals surface area contributed by atoms with Crippen LogP contribution in [0.2, 0.25) is 0 Å². The van der Waals surface area contributed by atoms with Crippen LogP contribution < -0.4 is 5.32 Å². The van der Waals surface area contributed by atoms with Crippen molar-refractivity contribution in [1.29, 1.82) is 0 Å². The first-order valence-corrected chi connectivity index (χ1v) is 4.34. The predicted octanol–water partition coefficient (Wildman–Crippen LogP) is 0.210. The van der Waals surface area contributed by atoms with Gasteiger partial charge in [0, 0.05) is 18.8 Å². The van der Waals surface area contributed by atoms with Gasteiger partial charge < -0.3 is 5.32 Å². The van der Waals surface area contributed by atoms with E-state index >= 15 is 0 Å². The molecule has 0 radical (unpaired) electrons. The van der Waals surface area contributed by atoms with E-state index in [-0.39, 0.29) is 0 Å². The highest BCUT2D eigenvalue weighted by Crippen LogP contribution is 2.14. The zero-order valence-corrected chi connectivity index (χ0v) is 6.87. The van der Waals surface area contributed by atoms with Crippen LogP contribution in [0.5, 0.6) is 0 Å². The van der Waals surface area contributed by atoms with E-state index in [0.29, 0.717) is 5.37 Å². The molecule has 0 aliphatic carbocycles. The molecule has 1 aliphatic heterocycles. The molecule has 1 rings (SSSR count). The van der Waals surface area contributed by atoms with E-state index < -0.39 is 0 Å². The fourth-order valence-corrected chi connectivity index (χ4v) is 1.95. The lowest BCUT2D eigenvalue weighted by Crippen LogP contribution is -2.40. The number of thioether (sulfide) groups is 1. The average Bonchev–Trinajstić information content (AvgIpc) is 1.90. The van der Waals surface area contributed by atoms with Crippen LogP contribution in [0.1, 0.15) is 0 Å². The van der Waals surface area contributed by atoms with E-state index in [0.717, 1.165) is 6.54 Å². The Balaban J connectivity index is 2.23. The van der Waals surface area contributed by atoms with Crippen LogP contribution in [-0.4, -0.2) is 43.2 Å². The fourth-order valence-electron chi connectivity index (χ4n) is 0.883. The second-order valence-electron chi connectivity index (χ2n) is 2.49. The number of hydrogen-bond donors (Lipinski definition) is 1. The molecule has 3 heteroatoms. The maximum atomic E-state index is 3.35. The van der Waals surface area contributed by atoms with E-state index in [4.69, 9.17) is 0 Å². The Hall–Kier alpha value is 0.270. The van der Waals surface area contributed by atoms with Gasteiger partial charge in [-0.1, -0.05) is 0 Å². The molecular weight excluding hydrogens is 132 g/mol. The molecule has 0 spiro atoms. The van der Waals surface area contributed by atoms with Gasteiger partial charge in [0.1, 0.15) is 0 Å². The monoisotopic (exact) mass is 146 g/mol. The van der Waals surface area contributed by atoms with Crippen LogP contribution in [-0.2, 0) is 0 Å². The molecule has 1 N–H and O–H groups in total. The normalized spacial score (nSPS) is 29.0. The van der Waals surface area contributed by atoms with E-state index in [1.54, 1.807) is 0 Å². The Morgan fingerprint density at radius 3 is 2.67 bits per heavy atom. The molecule has 54 valence electrons. The summed E-state index contributed by atoms with van der Waals surface area (Å²) >= 11 is 2.03. The lowest BCUT2D eigenvalue weighted by Gasteiger charge is -2.27. The van der Waals surface area contributed by atoms with Gasteiger partial charge in [0.2, 0.25) is 0 Å². The number of nitrogens with one attached hydrogen (secondary N) is 1. The van der Waals surface area contributed by atoms with Crippen molar-refractivity contribution < 1.29 is 0 Å². The van der Waals surface area contributed by atoms with E-state index in [9.17, 15) is 0 Å². The molecule has 1 aliphatic rings. The van der Waals surface area contributed by atoms with Gasteiger partial charge in [-0.3, -0.25) is 4.90 Å². The van der Waals surface area contributed by atoms with Crippen LogP contribution in [0.25, 0.3) is 0 Å². The Bertz CT molecular complexity index is 79.1. The van der Waals surface area contributed by atoms with Crippen molar-refractivity contribution >= 4 is 11.8 Å². The van der Waals surface area contributed by atoms with Gasteiger partial charge in [-0.15, -0.1) is 11.8 Å². The molecule has 0 bridgehead atoms. The molecule has 1 heterocycles. The van der Waals surface area contributed by atoms with Crippen LogP contribution >= 0.6 is 11.8 Å². The number of hydrogen-bond acceptors (Lipinski definition) is 3. The summed E-state index contributed by atoms with van der Waals surface area (Å²) in [5.74, 6) is 1.25. The quantitative estimate of drug-likeness (QED) is 0.569. The van der Waals surface area contributed by atoms with Crippen molar-refractivity contribution in [2.24, 2.45) is 0 Å². The number of likely N-dealkylation sites (N-methyl/N-ethyl adjacent to an activating group) is 1. The maximum absolute atomic E-state index is 3.35. The molecule has 0 aromatic carbocycles. The summed E-state index contributed by atoms with van der Waals surface area (Å²) in [6.45, 7) is 2.31. The fraction of sp³-hybridized carbons (Fsp3) is 1.00. The zero-order valence-electron chi connectivity index (χ0n) is 6.05. The summed E-state index contributed by atoms with van der Waals surface area (Å²) in [6, 6.07) is 0. The minimum Gasteiger partial charge on any atom is -0.313 e. The van der Waals surface area contributed by atoms with Crippen molar-refractivity contribution in [1.82, 2.24) is 10.2 Å². The number of nitrogens with zero attached hydrogens (tertiary/aromatic N) is 1. The van der Waals surface area contributed by atoms with E-state index in [1.165, 1.54) is 12.3 Å². The highest BCUT2D eigenvalue weighted by Gasteiger charge is 2.13. The Labute approximate surface area is 61.0 Å². The minimum absolute atomic E-state index is 0.693. The first-order valence-electron chi connectivity index (χ1n) is 3.29. The highest BCUT2D eigenvalue weighted by atomic mass is 32.2. The molecule has 9 heavy (non-hydrogen) atoms. The third-order valence-corrected chi connectivity index (χ3v) is 2.90. The zero-order chi connectivity index (χ0) is 6.69. The third kappa shape index (κ3) is 2.16. The summed E-state index contributed by atoms with van der Waals surface area (Å²) in [5, 5.41) is 4.05. The van der Waals surface area contributed by atoms with Crippen molar-refractivity contribution in [2.45, 2.75) is 5.37 Å². The molecule has 2 nitrogen and oxygen atoms in total. The Kier molecular flexibility index (Phi) is 2.82. The van der Waals surface area contributed by atoms with Crippen LogP contribution in [0.4, 0.5) is 0 Å². The largest absolute Gasteiger partial charge is 0.313 e.